The lowest BCUT2D eigenvalue weighted by atomic mass is 9.85. The highest BCUT2D eigenvalue weighted by molar-refractivity contribution is 7.13. The van der Waals surface area contributed by atoms with Crippen molar-refractivity contribution >= 4 is 47.0 Å². The molecular formula is C55H71N7O8S. The van der Waals surface area contributed by atoms with E-state index in [4.69, 9.17) is 23.9 Å². The van der Waals surface area contributed by atoms with Crippen molar-refractivity contribution in [3.05, 3.63) is 118 Å². The number of β-amino-alcohol motifs (C(OH)–C–C–N with tert-alkyl or cyclic N) is 1. The Balaban J connectivity index is 0.827. The van der Waals surface area contributed by atoms with Crippen molar-refractivity contribution in [1.82, 2.24) is 30.5 Å². The van der Waals surface area contributed by atoms with Crippen LogP contribution in [0.5, 0.6) is 0 Å². The number of aryl methyl sites for hydroxylation is 3. The second-order valence-electron chi connectivity index (χ2n) is 18.7. The molecule has 1 fully saturated rings. The van der Waals surface area contributed by atoms with Crippen molar-refractivity contribution < 1.29 is 38.4 Å². The number of aromatic nitrogens is 3. The number of amides is 3. The molecule has 0 bridgehead atoms. The zero-order valence-corrected chi connectivity index (χ0v) is 42.9. The molecular weight excluding hydrogens is 919 g/mol. The van der Waals surface area contributed by atoms with E-state index in [1.54, 1.807) is 17.5 Å². The molecule has 0 saturated carbocycles. The van der Waals surface area contributed by atoms with Crippen LogP contribution in [0.3, 0.4) is 0 Å². The summed E-state index contributed by atoms with van der Waals surface area (Å²) < 4.78 is 22.7. The van der Waals surface area contributed by atoms with Crippen LogP contribution >= 0.6 is 11.3 Å². The van der Waals surface area contributed by atoms with E-state index in [1.807, 2.05) is 82.0 Å². The van der Waals surface area contributed by atoms with Gasteiger partial charge in [-0.1, -0.05) is 94.8 Å². The van der Waals surface area contributed by atoms with E-state index in [9.17, 15) is 19.5 Å². The minimum atomic E-state index is -0.923. The van der Waals surface area contributed by atoms with Crippen molar-refractivity contribution in [2.45, 2.75) is 92.0 Å². The second kappa shape index (κ2) is 27.7. The highest BCUT2D eigenvalue weighted by Crippen LogP contribution is 2.29. The molecule has 1 aliphatic rings. The molecule has 5 aromatic rings. The zero-order chi connectivity index (χ0) is 50.6. The van der Waals surface area contributed by atoms with Crippen LogP contribution < -0.4 is 16.0 Å². The van der Waals surface area contributed by atoms with Crippen molar-refractivity contribution in [3.63, 3.8) is 0 Å². The predicted molar refractivity (Wildman–Crippen MR) is 280 cm³/mol. The number of ether oxygens (including phenoxy) is 4. The fourth-order valence-electron chi connectivity index (χ4n) is 8.19. The number of likely N-dealkylation sites (tertiary alicyclic amines) is 1. The normalized spacial score (nSPS) is 15.3. The summed E-state index contributed by atoms with van der Waals surface area (Å²) in [5, 5.41) is 19.8. The molecule has 0 aliphatic carbocycles. The number of anilines is 1. The molecule has 4 N–H and O–H groups in total. The van der Waals surface area contributed by atoms with Crippen molar-refractivity contribution in [2.75, 3.05) is 71.3 Å². The molecule has 380 valence electrons. The Morgan fingerprint density at radius 2 is 1.58 bits per heavy atom. The van der Waals surface area contributed by atoms with Gasteiger partial charge in [0, 0.05) is 67.8 Å². The minimum Gasteiger partial charge on any atom is -0.391 e. The predicted octanol–water partition coefficient (Wildman–Crippen LogP) is 7.68. The number of hydrogen-bond acceptors (Lipinski definition) is 13. The number of carbonyl (C=O) groups is 3. The monoisotopic (exact) mass is 990 g/mol. The highest BCUT2D eigenvalue weighted by Gasteiger charge is 2.44. The number of hydrogen-bond donors (Lipinski definition) is 4. The van der Waals surface area contributed by atoms with E-state index in [1.165, 1.54) is 16.0 Å². The average Bonchev–Trinajstić information content (AvgIpc) is 3.98. The molecule has 1 aliphatic heterocycles. The number of rotatable bonds is 27. The summed E-state index contributed by atoms with van der Waals surface area (Å²) in [5.74, 6) is -0.357. The first-order chi connectivity index (χ1) is 34.3. The number of nitrogens with zero attached hydrogens (tertiary/aromatic N) is 4. The smallest absolute Gasteiger partial charge is 0.246 e. The van der Waals surface area contributed by atoms with Gasteiger partial charge in [-0.2, -0.15) is 0 Å². The van der Waals surface area contributed by atoms with Crippen LogP contribution in [0.15, 0.2) is 84.8 Å². The van der Waals surface area contributed by atoms with Gasteiger partial charge in [-0.25, -0.2) is 9.97 Å². The Bertz CT molecular complexity index is 2490. The van der Waals surface area contributed by atoms with Gasteiger partial charge in [0.15, 0.2) is 0 Å². The van der Waals surface area contributed by atoms with Crippen LogP contribution in [0, 0.1) is 19.3 Å². The van der Waals surface area contributed by atoms with E-state index in [0.29, 0.717) is 46.2 Å². The number of aliphatic hydroxyl groups is 1. The van der Waals surface area contributed by atoms with Crippen LogP contribution in [0.2, 0.25) is 0 Å². The van der Waals surface area contributed by atoms with Gasteiger partial charge in [0.1, 0.15) is 17.9 Å². The van der Waals surface area contributed by atoms with Gasteiger partial charge in [0.25, 0.3) is 0 Å². The van der Waals surface area contributed by atoms with Gasteiger partial charge in [0.2, 0.25) is 17.7 Å². The standard InChI is InChI=1S/C55H71N7O8S/c1-7-9-42-15-11-40(30-38(42)2)12-18-44-31-46(45-10-8-20-56-34-45)35-58-52(44)57-21-23-68-25-27-70-29-28-69-26-24-67-22-19-49(64)61-51(55(4,5)6)54(66)62-36-47(63)32-48(62)53(65)59-33-41-13-16-43(17-14-41)50-39(3)60-37-71-50/h8,10-18,20,30-31,34-35,37,47-48,51,63H,7,9,19,21-29,32-33,36H2,1-6H3,(H,57,58)(H,59,65)(H,61,64)/b18-12+/t47-,48+,51-/m1/s1. The molecule has 71 heavy (non-hydrogen) atoms. The average molecular weight is 990 g/mol. The number of aliphatic hydroxyl groups excluding tert-OH is 1. The number of thiazole rings is 1. The molecule has 3 aromatic heterocycles. The molecule has 3 amide bonds. The maximum absolute atomic E-state index is 14.0. The summed E-state index contributed by atoms with van der Waals surface area (Å²) >= 11 is 1.58. The molecule has 0 unspecified atom stereocenters. The lowest BCUT2D eigenvalue weighted by Gasteiger charge is -2.35. The van der Waals surface area contributed by atoms with Crippen molar-refractivity contribution in [3.8, 4) is 21.6 Å². The Morgan fingerprint density at radius 1 is 0.859 bits per heavy atom. The third-order valence-electron chi connectivity index (χ3n) is 12.1. The van der Waals surface area contributed by atoms with Crippen LogP contribution in [-0.2, 0) is 46.3 Å². The molecule has 16 heteroatoms. The maximum Gasteiger partial charge on any atom is 0.246 e. The quantitative estimate of drug-likeness (QED) is 0.0377. The Labute approximate surface area is 422 Å². The first-order valence-corrected chi connectivity index (χ1v) is 25.5. The van der Waals surface area contributed by atoms with E-state index in [-0.39, 0.29) is 51.0 Å². The van der Waals surface area contributed by atoms with Crippen LogP contribution in [0.4, 0.5) is 5.82 Å². The Hall–Kier alpha value is -5.88. The third kappa shape index (κ3) is 16.9. The van der Waals surface area contributed by atoms with Gasteiger partial charge in [-0.3, -0.25) is 19.4 Å². The summed E-state index contributed by atoms with van der Waals surface area (Å²) in [6.07, 6.45) is 11.2. The van der Waals surface area contributed by atoms with Crippen molar-refractivity contribution in [1.29, 1.82) is 0 Å². The lowest BCUT2D eigenvalue weighted by Crippen LogP contribution is -2.57. The van der Waals surface area contributed by atoms with E-state index in [0.717, 1.165) is 62.6 Å². The molecule has 0 spiro atoms. The molecule has 6 rings (SSSR count). The van der Waals surface area contributed by atoms with E-state index >= 15 is 0 Å². The molecule has 0 radical (unpaired) electrons. The first kappa shape index (κ1) is 54.5. The fourth-order valence-corrected chi connectivity index (χ4v) is 9.00. The second-order valence-corrected chi connectivity index (χ2v) is 19.6. The minimum absolute atomic E-state index is 0.000105. The number of nitrogens with one attached hydrogen (secondary N) is 3. The summed E-state index contributed by atoms with van der Waals surface area (Å²) in [6, 6.07) is 18.8. The summed E-state index contributed by atoms with van der Waals surface area (Å²) in [5.41, 5.74) is 10.8. The zero-order valence-electron chi connectivity index (χ0n) is 42.1. The van der Waals surface area contributed by atoms with Gasteiger partial charge < -0.3 is 44.9 Å². The van der Waals surface area contributed by atoms with Crippen LogP contribution in [0.1, 0.15) is 80.5 Å². The van der Waals surface area contributed by atoms with Gasteiger partial charge in [-0.05, 0) is 65.6 Å². The van der Waals surface area contributed by atoms with Gasteiger partial charge in [-0.15, -0.1) is 11.3 Å². The summed E-state index contributed by atoms with van der Waals surface area (Å²) in [7, 11) is 0. The van der Waals surface area contributed by atoms with E-state index < -0.39 is 29.5 Å². The largest absolute Gasteiger partial charge is 0.391 e. The van der Waals surface area contributed by atoms with Crippen LogP contribution in [0.25, 0.3) is 33.7 Å². The van der Waals surface area contributed by atoms with Gasteiger partial charge >= 0.3 is 0 Å². The number of benzene rings is 2. The maximum atomic E-state index is 14.0. The third-order valence-corrected chi connectivity index (χ3v) is 13.1. The lowest BCUT2D eigenvalue weighted by molar-refractivity contribution is -0.144. The molecule has 2 aromatic carbocycles. The summed E-state index contributed by atoms with van der Waals surface area (Å²) in [4.78, 5) is 56.3. The highest BCUT2D eigenvalue weighted by atomic mass is 32.1. The first-order valence-electron chi connectivity index (χ1n) is 24.6. The van der Waals surface area contributed by atoms with E-state index in [2.05, 4.69) is 76.2 Å². The summed E-state index contributed by atoms with van der Waals surface area (Å²) in [6.45, 7) is 15.6. The van der Waals surface area contributed by atoms with Crippen LogP contribution in [-0.4, -0.2) is 127 Å². The fraction of sp³-hybridized carbons (Fsp3) is 0.455. The molecule has 4 heterocycles. The Morgan fingerprint density at radius 3 is 2.23 bits per heavy atom. The Kier molecular flexibility index (Phi) is 21.2. The molecule has 1 saturated heterocycles. The number of carbonyl (C=O) groups excluding carboxylic acids is 3. The van der Waals surface area contributed by atoms with Crippen molar-refractivity contribution in [2.24, 2.45) is 5.41 Å². The number of pyridine rings is 2. The topological polar surface area (TPSA) is 186 Å². The molecule has 3 atom stereocenters. The molecule has 15 nitrogen and oxygen atoms in total. The van der Waals surface area contributed by atoms with Gasteiger partial charge in [0.05, 0.1) is 75.0 Å². The SMILES string of the molecule is CCCc1ccc(/C=C/c2cc(-c3cccnc3)cnc2NCCOCCOCCOCCOCCC(=O)N[C@H](C(=O)N2C[C@H](O)C[C@H]2C(=O)NCc2ccc(-c3scnc3C)cc2)C(C)(C)C)cc1C.